The molecule has 0 atom stereocenters. The molecule has 0 amide bonds. The van der Waals surface area contributed by atoms with Gasteiger partial charge in [0.25, 0.3) is 0 Å². The van der Waals surface area contributed by atoms with Gasteiger partial charge in [0.2, 0.25) is 0 Å². The van der Waals surface area contributed by atoms with Crippen LogP contribution in [0.1, 0.15) is 6.92 Å². The first kappa shape index (κ1) is 15.7. The molecule has 0 unspecified atom stereocenters. The van der Waals surface area contributed by atoms with E-state index in [-0.39, 0.29) is 0 Å². The van der Waals surface area contributed by atoms with Crippen LogP contribution >= 0.6 is 50.7 Å². The van der Waals surface area contributed by atoms with Crippen molar-refractivity contribution >= 4 is 68.1 Å². The van der Waals surface area contributed by atoms with Crippen molar-refractivity contribution in [3.63, 3.8) is 0 Å². The number of rotatable bonds is 4. The van der Waals surface area contributed by atoms with Gasteiger partial charge in [-0.25, -0.2) is 4.98 Å². The van der Waals surface area contributed by atoms with Crippen molar-refractivity contribution in [2.75, 3.05) is 17.2 Å². The highest BCUT2D eigenvalue weighted by Gasteiger charge is 2.11. The molecule has 1 aromatic heterocycles. The second-order valence-corrected chi connectivity index (χ2v) is 5.92. The van der Waals surface area contributed by atoms with Gasteiger partial charge in [-0.2, -0.15) is 0 Å². The average molecular weight is 396 g/mol. The fourth-order valence-corrected chi connectivity index (χ4v) is 2.58. The Kier molecular flexibility index (Phi) is 5.38. The maximum Gasteiger partial charge on any atom is 0.151 e. The van der Waals surface area contributed by atoms with E-state index in [1.807, 2.05) is 19.1 Å². The van der Waals surface area contributed by atoms with Gasteiger partial charge in [-0.3, -0.25) is 0 Å². The van der Waals surface area contributed by atoms with Crippen molar-refractivity contribution in [2.24, 2.45) is 0 Å². The minimum absolute atomic E-state index is 0.434. The Morgan fingerprint density at radius 1 is 1.10 bits per heavy atom. The second-order valence-electron chi connectivity index (χ2n) is 3.91. The topological polar surface area (TPSA) is 37.0 Å². The third-order valence-electron chi connectivity index (χ3n) is 2.48. The average Bonchev–Trinajstić information content (AvgIpc) is 2.40. The Hall–Kier alpha value is -0.680. The molecular formula is C13H11BrCl3N3. The normalized spacial score (nSPS) is 10.4. The molecule has 0 spiro atoms. The van der Waals surface area contributed by atoms with Gasteiger partial charge in [0, 0.05) is 6.54 Å². The Morgan fingerprint density at radius 2 is 1.80 bits per heavy atom. The van der Waals surface area contributed by atoms with Gasteiger partial charge in [-0.15, -0.1) is 0 Å². The van der Waals surface area contributed by atoms with E-state index in [2.05, 4.69) is 31.5 Å². The van der Waals surface area contributed by atoms with Crippen LogP contribution < -0.4 is 10.6 Å². The van der Waals surface area contributed by atoms with Gasteiger partial charge in [0.1, 0.15) is 5.82 Å². The fraction of sp³-hybridized carbons (Fsp3) is 0.154. The fourth-order valence-electron chi connectivity index (χ4n) is 1.57. The van der Waals surface area contributed by atoms with Crippen LogP contribution in [-0.2, 0) is 0 Å². The summed E-state index contributed by atoms with van der Waals surface area (Å²) in [7, 11) is 0. The summed E-state index contributed by atoms with van der Waals surface area (Å²) in [5, 5.41) is 7.73. The number of nitrogens with zero attached hydrogens (tertiary/aromatic N) is 1. The van der Waals surface area contributed by atoms with E-state index in [0.29, 0.717) is 33.2 Å². The summed E-state index contributed by atoms with van der Waals surface area (Å²) in [6.45, 7) is 2.68. The van der Waals surface area contributed by atoms with Crippen molar-refractivity contribution in [2.45, 2.75) is 6.92 Å². The smallest absolute Gasteiger partial charge is 0.151 e. The summed E-state index contributed by atoms with van der Waals surface area (Å²) in [6.07, 6.45) is 0. The van der Waals surface area contributed by atoms with Gasteiger partial charge in [-0.05, 0) is 41.1 Å². The van der Waals surface area contributed by atoms with Crippen LogP contribution in [0.25, 0.3) is 0 Å². The van der Waals surface area contributed by atoms with Crippen LogP contribution in [0.2, 0.25) is 15.1 Å². The molecule has 1 heterocycles. The zero-order chi connectivity index (χ0) is 14.7. The van der Waals surface area contributed by atoms with Gasteiger partial charge < -0.3 is 10.6 Å². The van der Waals surface area contributed by atoms with Crippen molar-refractivity contribution in [1.82, 2.24) is 4.98 Å². The lowest BCUT2D eigenvalue weighted by molar-refractivity contribution is 1.16. The molecule has 1 aromatic carbocycles. The molecule has 0 aliphatic heterocycles. The molecule has 2 rings (SSSR count). The van der Waals surface area contributed by atoms with Gasteiger partial charge in [0.15, 0.2) is 5.82 Å². The summed E-state index contributed by atoms with van der Waals surface area (Å²) in [4.78, 5) is 4.38. The molecule has 3 nitrogen and oxygen atoms in total. The molecule has 0 saturated heterocycles. The molecule has 7 heteroatoms. The lowest BCUT2D eigenvalue weighted by Gasteiger charge is -2.13. The van der Waals surface area contributed by atoms with Crippen molar-refractivity contribution in [3.8, 4) is 0 Å². The van der Waals surface area contributed by atoms with Crippen LogP contribution in [0.4, 0.5) is 17.3 Å². The van der Waals surface area contributed by atoms with E-state index >= 15 is 0 Å². The number of aromatic nitrogens is 1. The summed E-state index contributed by atoms with van der Waals surface area (Å²) in [6, 6.07) is 7.15. The first-order chi connectivity index (χ1) is 9.52. The van der Waals surface area contributed by atoms with Gasteiger partial charge in [-0.1, -0.05) is 40.9 Å². The van der Waals surface area contributed by atoms with Crippen LogP contribution in [-0.4, -0.2) is 11.5 Å². The molecule has 0 saturated carbocycles. The highest BCUT2D eigenvalue weighted by Crippen LogP contribution is 2.35. The van der Waals surface area contributed by atoms with Gasteiger partial charge in [0.05, 0.1) is 25.2 Å². The molecule has 0 fully saturated rings. The zero-order valence-electron chi connectivity index (χ0n) is 10.5. The van der Waals surface area contributed by atoms with Crippen LogP contribution in [0, 0.1) is 0 Å². The quantitative estimate of drug-likeness (QED) is 0.669. The SMILES string of the molecule is CCNc1nc(Nc2cccc(Cl)c2Br)c(Cl)cc1Cl. The molecule has 2 N–H and O–H groups in total. The van der Waals surface area contributed by atoms with E-state index in [0.717, 1.165) is 10.2 Å². The Morgan fingerprint density at radius 3 is 2.50 bits per heavy atom. The predicted molar refractivity (Wildman–Crippen MR) is 90.9 cm³/mol. The number of hydrogen-bond acceptors (Lipinski definition) is 3. The maximum atomic E-state index is 6.16. The minimum atomic E-state index is 0.434. The van der Waals surface area contributed by atoms with E-state index in [4.69, 9.17) is 34.8 Å². The highest BCUT2D eigenvalue weighted by atomic mass is 79.9. The Bertz CT molecular complexity index is 634. The van der Waals surface area contributed by atoms with Gasteiger partial charge >= 0.3 is 0 Å². The Labute approximate surface area is 140 Å². The third-order valence-corrected chi connectivity index (χ3v) is 4.45. The Balaban J connectivity index is 2.38. The summed E-state index contributed by atoms with van der Waals surface area (Å²) >= 11 is 21.7. The van der Waals surface area contributed by atoms with E-state index in [1.165, 1.54) is 0 Å². The molecule has 0 aliphatic carbocycles. The molecule has 0 radical (unpaired) electrons. The lowest BCUT2D eigenvalue weighted by Crippen LogP contribution is -2.03. The minimum Gasteiger partial charge on any atom is -0.369 e. The number of nitrogens with one attached hydrogen (secondary N) is 2. The maximum absolute atomic E-state index is 6.16. The van der Waals surface area contributed by atoms with E-state index < -0.39 is 0 Å². The van der Waals surface area contributed by atoms with Crippen molar-refractivity contribution in [1.29, 1.82) is 0 Å². The number of anilines is 3. The lowest BCUT2D eigenvalue weighted by atomic mass is 10.3. The molecule has 0 aliphatic rings. The summed E-state index contributed by atoms with van der Waals surface area (Å²) in [5.41, 5.74) is 0.775. The van der Waals surface area contributed by atoms with Crippen molar-refractivity contribution in [3.05, 3.63) is 43.8 Å². The highest BCUT2D eigenvalue weighted by molar-refractivity contribution is 9.10. The largest absolute Gasteiger partial charge is 0.369 e. The monoisotopic (exact) mass is 393 g/mol. The standard InChI is InChI=1S/C13H11BrCl3N3/c1-2-18-12-8(16)6-9(17)13(20-12)19-10-5-3-4-7(15)11(10)14/h3-6H,2H2,1H3,(H2,18,19,20). The summed E-state index contributed by atoms with van der Waals surface area (Å²) in [5.74, 6) is 1.09. The number of benzene rings is 1. The summed E-state index contributed by atoms with van der Waals surface area (Å²) < 4.78 is 0.750. The van der Waals surface area contributed by atoms with Crippen LogP contribution in [0.5, 0.6) is 0 Å². The molecule has 106 valence electrons. The molecule has 0 bridgehead atoms. The van der Waals surface area contributed by atoms with E-state index in [1.54, 1.807) is 12.1 Å². The predicted octanol–water partition coefficient (Wildman–Crippen LogP) is 5.98. The van der Waals surface area contributed by atoms with Crippen LogP contribution in [0.3, 0.4) is 0 Å². The zero-order valence-corrected chi connectivity index (χ0v) is 14.3. The van der Waals surface area contributed by atoms with Crippen LogP contribution in [0.15, 0.2) is 28.7 Å². The first-order valence-corrected chi connectivity index (χ1v) is 7.76. The first-order valence-electron chi connectivity index (χ1n) is 5.84. The molecule has 20 heavy (non-hydrogen) atoms. The number of hydrogen-bond donors (Lipinski definition) is 2. The van der Waals surface area contributed by atoms with E-state index in [9.17, 15) is 0 Å². The van der Waals surface area contributed by atoms with Crippen molar-refractivity contribution < 1.29 is 0 Å². The molecule has 2 aromatic rings. The second kappa shape index (κ2) is 6.85. The number of halogens is 4. The third kappa shape index (κ3) is 3.50. The molecular weight excluding hydrogens is 384 g/mol. The number of pyridine rings is 1.